The Kier molecular flexibility index (Phi) is 2.96. The van der Waals surface area contributed by atoms with Gasteiger partial charge in [0, 0.05) is 33.1 Å². The van der Waals surface area contributed by atoms with Crippen LogP contribution in [0, 0.1) is 11.6 Å². The van der Waals surface area contributed by atoms with Crippen molar-refractivity contribution in [3.63, 3.8) is 0 Å². The summed E-state index contributed by atoms with van der Waals surface area (Å²) in [6, 6.07) is -1.09. The first-order valence-corrected chi connectivity index (χ1v) is 8.38. The van der Waals surface area contributed by atoms with Crippen LogP contribution in [0.4, 0.5) is 8.78 Å². The van der Waals surface area contributed by atoms with Gasteiger partial charge >= 0.3 is 0 Å². The lowest BCUT2D eigenvalue weighted by Gasteiger charge is -2.44. The fourth-order valence-corrected chi connectivity index (χ4v) is 2.88. The number of hydrogen-bond donors (Lipinski definition) is 2. The molecule has 0 aliphatic carbocycles. The van der Waals surface area contributed by atoms with Crippen molar-refractivity contribution in [2.45, 2.75) is 38.5 Å². The van der Waals surface area contributed by atoms with Gasteiger partial charge in [-0.05, 0) is 19.4 Å². The van der Waals surface area contributed by atoms with E-state index in [1.54, 1.807) is 5.32 Å². The molecule has 30 heavy (non-hydrogen) atoms. The first-order valence-electron chi connectivity index (χ1n) is 12.9. The Hall–Kier alpha value is -3.27. The van der Waals surface area contributed by atoms with E-state index in [0.29, 0.717) is 24.4 Å². The molecule has 1 aromatic heterocycles. The number of fused-ring (bicyclic) bond motifs is 2. The molecule has 2 atom stereocenters. The van der Waals surface area contributed by atoms with E-state index in [2.05, 4.69) is 0 Å². The maximum atomic E-state index is 14.1. The monoisotopic (exact) mass is 428 g/mol. The Bertz CT molecular complexity index is 1480. The molecule has 0 radical (unpaired) electrons. The standard InChI is InChI=1S/C20H19F2N3O5/c1-10-4-5-30-15-9-24-8-13(17(26)18(27)16(24)20(29)25(10)15)19(28)23-7-11-2-3-12(21)6-14(11)22/h2-3,6,8,10,15,27H,4-5,7,9H2,1H3,(H,23,28)/t10-,15+/m1/s1/i4D2,5D2,7D2,9D2,10D. The van der Waals surface area contributed by atoms with Crippen LogP contribution in [-0.4, -0.2) is 45.2 Å². The maximum absolute atomic E-state index is 14.1. The fraction of sp³-hybridized carbons (Fsp3) is 0.350. The van der Waals surface area contributed by atoms with E-state index in [9.17, 15) is 28.3 Å². The average molecular weight is 428 g/mol. The van der Waals surface area contributed by atoms with E-state index in [0.717, 1.165) is 6.92 Å². The van der Waals surface area contributed by atoms with E-state index < -0.39 is 89.6 Å². The molecule has 1 saturated heterocycles. The third kappa shape index (κ3) is 3.32. The Balaban J connectivity index is 1.85. The van der Waals surface area contributed by atoms with Crippen LogP contribution in [0.3, 0.4) is 0 Å². The predicted molar refractivity (Wildman–Crippen MR) is 99.9 cm³/mol. The van der Waals surface area contributed by atoms with Crippen molar-refractivity contribution in [3.05, 3.63) is 63.1 Å². The van der Waals surface area contributed by atoms with Crippen molar-refractivity contribution in [1.82, 2.24) is 14.8 Å². The molecular weight excluding hydrogens is 400 g/mol. The number of pyridine rings is 1. The van der Waals surface area contributed by atoms with Crippen LogP contribution >= 0.6 is 0 Å². The highest BCUT2D eigenvalue weighted by atomic mass is 19.1. The number of amides is 2. The molecule has 1 aromatic carbocycles. The number of aromatic nitrogens is 1. The summed E-state index contributed by atoms with van der Waals surface area (Å²) in [5.74, 6) is -7.05. The van der Waals surface area contributed by atoms with Gasteiger partial charge in [0.1, 0.15) is 17.2 Å². The fourth-order valence-electron chi connectivity index (χ4n) is 2.88. The summed E-state index contributed by atoms with van der Waals surface area (Å²) in [4.78, 5) is 39.2. The summed E-state index contributed by atoms with van der Waals surface area (Å²) in [7, 11) is 0. The van der Waals surface area contributed by atoms with E-state index in [1.165, 1.54) is 0 Å². The van der Waals surface area contributed by atoms with Crippen molar-refractivity contribution in [2.75, 3.05) is 6.56 Å². The minimum absolute atomic E-state index is 0.193. The topological polar surface area (TPSA) is 101 Å². The van der Waals surface area contributed by atoms with Gasteiger partial charge in [0.05, 0.1) is 22.7 Å². The molecule has 3 heterocycles. The molecule has 10 heteroatoms. The number of rotatable bonds is 3. The average Bonchev–Trinajstić information content (AvgIpc) is 2.77. The van der Waals surface area contributed by atoms with Crippen LogP contribution in [0.2, 0.25) is 0 Å². The zero-order valence-corrected chi connectivity index (χ0v) is 15.1. The molecule has 0 unspecified atom stereocenters. The lowest BCUT2D eigenvalue weighted by atomic mass is 10.1. The van der Waals surface area contributed by atoms with Crippen molar-refractivity contribution in [2.24, 2.45) is 0 Å². The van der Waals surface area contributed by atoms with Gasteiger partial charge in [-0.1, -0.05) is 6.07 Å². The Morgan fingerprint density at radius 1 is 1.47 bits per heavy atom. The quantitative estimate of drug-likeness (QED) is 0.769. The molecule has 1 fully saturated rings. The van der Waals surface area contributed by atoms with Crippen LogP contribution < -0.4 is 10.7 Å². The number of nitrogens with zero attached hydrogens (tertiary/aromatic N) is 2. The molecule has 2 N–H and O–H groups in total. The molecule has 0 saturated carbocycles. The number of aromatic hydroxyl groups is 1. The Labute approximate surface area is 182 Å². The number of ether oxygens (including phenoxy) is 1. The van der Waals surface area contributed by atoms with Crippen LogP contribution in [0.5, 0.6) is 5.75 Å². The van der Waals surface area contributed by atoms with Crippen LogP contribution in [-0.2, 0) is 17.7 Å². The third-order valence-electron chi connectivity index (χ3n) is 4.34. The molecule has 2 aliphatic rings. The summed E-state index contributed by atoms with van der Waals surface area (Å²) in [6.07, 6.45) is -5.15. The van der Waals surface area contributed by atoms with E-state index in [4.69, 9.17) is 17.1 Å². The van der Waals surface area contributed by atoms with Gasteiger partial charge in [-0.15, -0.1) is 0 Å². The summed E-state index contributed by atoms with van der Waals surface area (Å²) < 4.78 is 106. The first kappa shape index (κ1) is 11.8. The highest BCUT2D eigenvalue weighted by molar-refractivity contribution is 5.99. The molecule has 2 aromatic rings. The van der Waals surface area contributed by atoms with Crippen molar-refractivity contribution in [1.29, 1.82) is 0 Å². The summed E-state index contributed by atoms with van der Waals surface area (Å²) in [5, 5.41) is 12.2. The Morgan fingerprint density at radius 2 is 2.23 bits per heavy atom. The summed E-state index contributed by atoms with van der Waals surface area (Å²) >= 11 is 0. The maximum Gasteiger partial charge on any atom is 0.276 e. The van der Waals surface area contributed by atoms with Crippen LogP contribution in [0.15, 0.2) is 29.2 Å². The second-order valence-corrected chi connectivity index (χ2v) is 6.23. The zero-order valence-electron chi connectivity index (χ0n) is 24.1. The van der Waals surface area contributed by atoms with Gasteiger partial charge in [0.2, 0.25) is 5.43 Å². The SMILES string of the molecule is [2H]C([2H])(NC(=O)c1cn2c(c(O)c1=O)C(=O)N1[C@@H](OC([2H])([2H])C([2H])([2H])[C@@]1([2H])C)C2([2H])[2H])c1ccc(F)cc1F. The highest BCUT2D eigenvalue weighted by Gasteiger charge is 2.41. The van der Waals surface area contributed by atoms with Gasteiger partial charge in [0.25, 0.3) is 11.8 Å². The first-order chi connectivity index (χ1) is 17.6. The minimum Gasteiger partial charge on any atom is -0.503 e. The molecule has 158 valence electrons. The lowest BCUT2D eigenvalue weighted by molar-refractivity contribution is -0.112. The Morgan fingerprint density at radius 3 is 2.97 bits per heavy atom. The zero-order chi connectivity index (χ0) is 29.7. The second kappa shape index (κ2) is 7.52. The number of carbonyl (C=O) groups excluding carboxylic acids is 2. The highest BCUT2D eigenvalue weighted by Crippen LogP contribution is 2.29. The molecular formula is C20H19F2N3O5. The van der Waals surface area contributed by atoms with E-state index in [1.807, 2.05) is 0 Å². The van der Waals surface area contributed by atoms with Crippen LogP contribution in [0.1, 0.15) is 52.0 Å². The molecule has 0 spiro atoms. The summed E-state index contributed by atoms with van der Waals surface area (Å²) in [5.41, 5.74) is -4.68. The molecule has 2 aliphatic heterocycles. The van der Waals surface area contributed by atoms with Gasteiger partial charge in [0.15, 0.2) is 17.7 Å². The van der Waals surface area contributed by atoms with E-state index in [-0.39, 0.29) is 9.47 Å². The third-order valence-corrected chi connectivity index (χ3v) is 4.34. The predicted octanol–water partition coefficient (Wildman–Crippen LogP) is 1.35. The lowest BCUT2D eigenvalue weighted by Crippen LogP contribution is -2.57. The van der Waals surface area contributed by atoms with Gasteiger partial charge in [-0.3, -0.25) is 14.4 Å². The van der Waals surface area contributed by atoms with Crippen LogP contribution in [0.25, 0.3) is 0 Å². The number of nitrogens with one attached hydrogen (secondary N) is 1. The van der Waals surface area contributed by atoms with Gasteiger partial charge in [-0.2, -0.15) is 0 Å². The largest absolute Gasteiger partial charge is 0.503 e. The summed E-state index contributed by atoms with van der Waals surface area (Å²) in [6.45, 7) is -8.73. The second-order valence-electron chi connectivity index (χ2n) is 6.23. The van der Waals surface area contributed by atoms with Crippen molar-refractivity contribution in [3.8, 4) is 5.75 Å². The van der Waals surface area contributed by atoms with E-state index >= 15 is 0 Å². The molecule has 8 nitrogen and oxygen atoms in total. The number of carbonyl (C=O) groups is 2. The van der Waals surface area contributed by atoms with Crippen molar-refractivity contribution >= 4 is 11.8 Å². The minimum atomic E-state index is -3.31. The normalized spacial score (nSPS) is 32.9. The van der Waals surface area contributed by atoms with Crippen molar-refractivity contribution < 1.29 is 40.6 Å². The van der Waals surface area contributed by atoms with Gasteiger partial charge in [-0.25, -0.2) is 8.78 Å². The molecule has 4 rings (SSSR count). The molecule has 0 bridgehead atoms. The molecule has 2 amide bonds. The van der Waals surface area contributed by atoms with Gasteiger partial charge < -0.3 is 24.6 Å². The smallest absolute Gasteiger partial charge is 0.276 e. The number of hydrogen-bond acceptors (Lipinski definition) is 5. The number of halogens is 2. The number of benzene rings is 1.